The molecule has 0 aromatic heterocycles. The second-order valence-electron chi connectivity index (χ2n) is 3.68. The van der Waals surface area contributed by atoms with Crippen molar-refractivity contribution < 1.29 is 9.71 Å². The highest BCUT2D eigenvalue weighted by atomic mass is 19.1. The molecule has 0 aliphatic carbocycles. The largest absolute Gasteiger partial charge is 0.340 e. The van der Waals surface area contributed by atoms with Crippen LogP contribution < -0.4 is 5.32 Å². The second-order valence-corrected chi connectivity index (χ2v) is 3.68. The first-order valence-corrected chi connectivity index (χ1v) is 4.95. The summed E-state index contributed by atoms with van der Waals surface area (Å²) in [5, 5.41) is 2.36. The average molecular weight is 180 g/mol. The standard InChI is InChI=1S/C11H14FN/c12-10-6-4-9(5-7-10)11-3-1-2-8-13-11/h4-7,11,13H,1-3,8H2/p+1/t11-/m0/s1. The van der Waals surface area contributed by atoms with E-state index in [0.29, 0.717) is 6.04 Å². The van der Waals surface area contributed by atoms with Crippen molar-refractivity contribution in [3.8, 4) is 0 Å². The highest BCUT2D eigenvalue weighted by Crippen LogP contribution is 2.17. The Hall–Kier alpha value is -0.890. The van der Waals surface area contributed by atoms with Crippen LogP contribution in [0.5, 0.6) is 0 Å². The molecule has 1 fully saturated rings. The van der Waals surface area contributed by atoms with Crippen molar-refractivity contribution in [3.05, 3.63) is 35.6 Å². The van der Waals surface area contributed by atoms with Crippen molar-refractivity contribution in [1.29, 1.82) is 0 Å². The maximum atomic E-state index is 12.6. The minimum absolute atomic E-state index is 0.139. The lowest BCUT2D eigenvalue weighted by atomic mass is 9.98. The summed E-state index contributed by atoms with van der Waals surface area (Å²) in [5.41, 5.74) is 1.26. The second kappa shape index (κ2) is 3.88. The molecule has 70 valence electrons. The van der Waals surface area contributed by atoms with Crippen LogP contribution in [0.25, 0.3) is 0 Å². The van der Waals surface area contributed by atoms with Gasteiger partial charge < -0.3 is 5.32 Å². The molecule has 1 aliphatic heterocycles. The Balaban J connectivity index is 2.10. The molecule has 1 saturated heterocycles. The van der Waals surface area contributed by atoms with E-state index in [1.807, 2.05) is 12.1 Å². The molecule has 1 aromatic rings. The highest BCUT2D eigenvalue weighted by molar-refractivity contribution is 5.18. The molecule has 0 unspecified atom stereocenters. The molecule has 1 nitrogen and oxygen atoms in total. The van der Waals surface area contributed by atoms with Crippen LogP contribution in [0.2, 0.25) is 0 Å². The Morgan fingerprint density at radius 1 is 1.15 bits per heavy atom. The van der Waals surface area contributed by atoms with E-state index in [0.717, 1.165) is 0 Å². The maximum Gasteiger partial charge on any atom is 0.123 e. The monoisotopic (exact) mass is 180 g/mol. The normalized spacial score (nSPS) is 23.0. The lowest BCUT2D eigenvalue weighted by Crippen LogP contribution is -2.86. The van der Waals surface area contributed by atoms with Crippen molar-refractivity contribution in [1.82, 2.24) is 0 Å². The first-order chi connectivity index (χ1) is 6.36. The minimum Gasteiger partial charge on any atom is -0.340 e. The molecule has 1 heterocycles. The van der Waals surface area contributed by atoms with E-state index >= 15 is 0 Å². The van der Waals surface area contributed by atoms with Crippen molar-refractivity contribution in [2.45, 2.75) is 25.3 Å². The van der Waals surface area contributed by atoms with Gasteiger partial charge in [0.2, 0.25) is 0 Å². The number of benzene rings is 1. The third-order valence-corrected chi connectivity index (χ3v) is 2.72. The molecular formula is C11H15FN+. The van der Waals surface area contributed by atoms with Gasteiger partial charge in [-0.25, -0.2) is 4.39 Å². The topological polar surface area (TPSA) is 16.6 Å². The van der Waals surface area contributed by atoms with Gasteiger partial charge in [0.05, 0.1) is 6.54 Å². The van der Waals surface area contributed by atoms with Gasteiger partial charge in [0.15, 0.2) is 0 Å². The SMILES string of the molecule is Fc1ccc([C@@H]2CCCC[NH2+]2)cc1. The average Bonchev–Trinajstić information content (AvgIpc) is 2.20. The number of hydrogen-bond donors (Lipinski definition) is 1. The maximum absolute atomic E-state index is 12.6. The Bertz CT molecular complexity index is 262. The molecule has 0 radical (unpaired) electrons. The molecule has 2 heteroatoms. The number of rotatable bonds is 1. The first kappa shape index (κ1) is 8.70. The zero-order valence-electron chi connectivity index (χ0n) is 7.67. The van der Waals surface area contributed by atoms with E-state index in [1.165, 1.54) is 31.4 Å². The van der Waals surface area contributed by atoms with Crippen LogP contribution in [0.15, 0.2) is 24.3 Å². The summed E-state index contributed by atoms with van der Waals surface area (Å²) < 4.78 is 12.6. The predicted octanol–water partition coefficient (Wildman–Crippen LogP) is 1.61. The van der Waals surface area contributed by atoms with Crippen LogP contribution >= 0.6 is 0 Å². The van der Waals surface area contributed by atoms with Gasteiger partial charge >= 0.3 is 0 Å². The van der Waals surface area contributed by atoms with Gasteiger partial charge in [-0.3, -0.25) is 0 Å². The number of quaternary nitrogens is 1. The molecule has 0 bridgehead atoms. The van der Waals surface area contributed by atoms with Crippen LogP contribution in [0.4, 0.5) is 4.39 Å². The Labute approximate surface area is 78.0 Å². The molecule has 0 saturated carbocycles. The summed E-state index contributed by atoms with van der Waals surface area (Å²) in [6.07, 6.45) is 3.85. The number of halogens is 1. The summed E-state index contributed by atoms with van der Waals surface area (Å²) in [5.74, 6) is -0.139. The van der Waals surface area contributed by atoms with Crippen LogP contribution in [0.3, 0.4) is 0 Å². The smallest absolute Gasteiger partial charge is 0.123 e. The molecule has 1 aliphatic rings. The summed E-state index contributed by atoms with van der Waals surface area (Å²) >= 11 is 0. The van der Waals surface area contributed by atoms with Gasteiger partial charge in [0.25, 0.3) is 0 Å². The summed E-state index contributed by atoms with van der Waals surface area (Å²) in [6, 6.07) is 7.48. The van der Waals surface area contributed by atoms with Crippen LogP contribution in [0.1, 0.15) is 30.9 Å². The van der Waals surface area contributed by atoms with Crippen molar-refractivity contribution in [2.24, 2.45) is 0 Å². The third kappa shape index (κ3) is 2.07. The molecule has 1 atom stereocenters. The molecule has 13 heavy (non-hydrogen) atoms. The quantitative estimate of drug-likeness (QED) is 0.676. The summed E-state index contributed by atoms with van der Waals surface area (Å²) in [7, 11) is 0. The lowest BCUT2D eigenvalue weighted by molar-refractivity contribution is -0.704. The lowest BCUT2D eigenvalue weighted by Gasteiger charge is -2.20. The van der Waals surface area contributed by atoms with Crippen molar-refractivity contribution in [3.63, 3.8) is 0 Å². The van der Waals surface area contributed by atoms with E-state index in [9.17, 15) is 4.39 Å². The van der Waals surface area contributed by atoms with Crippen molar-refractivity contribution in [2.75, 3.05) is 6.54 Å². The highest BCUT2D eigenvalue weighted by Gasteiger charge is 2.17. The first-order valence-electron chi connectivity index (χ1n) is 4.95. The van der Waals surface area contributed by atoms with Gasteiger partial charge in [-0.15, -0.1) is 0 Å². The molecular weight excluding hydrogens is 165 g/mol. The minimum atomic E-state index is -0.139. The fraction of sp³-hybridized carbons (Fsp3) is 0.455. The molecule has 0 spiro atoms. The van der Waals surface area contributed by atoms with E-state index in [-0.39, 0.29) is 5.82 Å². The zero-order valence-corrected chi connectivity index (χ0v) is 7.67. The van der Waals surface area contributed by atoms with Gasteiger partial charge in [-0.05, 0) is 25.0 Å². The van der Waals surface area contributed by atoms with Gasteiger partial charge in [0, 0.05) is 12.0 Å². The van der Waals surface area contributed by atoms with Crippen LogP contribution in [0, 0.1) is 5.82 Å². The fourth-order valence-corrected chi connectivity index (χ4v) is 1.96. The Morgan fingerprint density at radius 2 is 1.92 bits per heavy atom. The molecule has 0 amide bonds. The van der Waals surface area contributed by atoms with Crippen LogP contribution in [-0.4, -0.2) is 6.54 Å². The van der Waals surface area contributed by atoms with Crippen molar-refractivity contribution >= 4 is 0 Å². The van der Waals surface area contributed by atoms with E-state index in [2.05, 4.69) is 5.32 Å². The zero-order chi connectivity index (χ0) is 9.10. The Kier molecular flexibility index (Phi) is 2.60. The Morgan fingerprint density at radius 3 is 2.54 bits per heavy atom. The third-order valence-electron chi connectivity index (χ3n) is 2.72. The van der Waals surface area contributed by atoms with E-state index in [4.69, 9.17) is 0 Å². The molecule has 1 aromatic carbocycles. The van der Waals surface area contributed by atoms with E-state index < -0.39 is 0 Å². The summed E-state index contributed by atoms with van der Waals surface area (Å²) in [4.78, 5) is 0. The fourth-order valence-electron chi connectivity index (χ4n) is 1.96. The number of piperidine rings is 1. The summed E-state index contributed by atoms with van der Waals surface area (Å²) in [6.45, 7) is 1.21. The van der Waals surface area contributed by atoms with Crippen LogP contribution in [-0.2, 0) is 0 Å². The molecule has 2 N–H and O–H groups in total. The van der Waals surface area contributed by atoms with Gasteiger partial charge in [-0.1, -0.05) is 12.1 Å². The number of nitrogens with two attached hydrogens (primary N) is 1. The predicted molar refractivity (Wildman–Crippen MR) is 49.8 cm³/mol. The van der Waals surface area contributed by atoms with Gasteiger partial charge in [-0.2, -0.15) is 0 Å². The van der Waals surface area contributed by atoms with Gasteiger partial charge in [0.1, 0.15) is 11.9 Å². The van der Waals surface area contributed by atoms with E-state index in [1.54, 1.807) is 12.1 Å². The number of hydrogen-bond acceptors (Lipinski definition) is 0. The molecule has 2 rings (SSSR count).